The molecule has 2 heterocycles. The lowest BCUT2D eigenvalue weighted by Gasteiger charge is -2.04. The minimum Gasteiger partial charge on any atom is -0.492 e. The lowest BCUT2D eigenvalue weighted by atomic mass is 10.0. The molecule has 0 fully saturated rings. The molecule has 4 aromatic rings. The monoisotopic (exact) mass is 490 g/mol. The average molecular weight is 491 g/mol. The number of ether oxygens (including phenoxy) is 1. The van der Waals surface area contributed by atoms with E-state index in [2.05, 4.69) is 44.6 Å². The molecule has 0 atom stereocenters. The summed E-state index contributed by atoms with van der Waals surface area (Å²) in [4.78, 5) is 17.7. The number of azo groups is 1. The van der Waals surface area contributed by atoms with E-state index < -0.39 is 0 Å². The van der Waals surface area contributed by atoms with Crippen LogP contribution in [-0.2, 0) is 6.42 Å². The number of unbranched alkanes of at least 4 members (excludes halogenated alkanes) is 2. The smallest absolute Gasteiger partial charge is 0.301 e. The standard InChI is InChI=1S/C26H30N6O2S/c1-3-34-23-11-7-6-10-21(23)29-30-24-18(2)31-32(25(24)33)26-28-22(17-35-26)20-14-12-19(13-15-20)9-5-4-8-16-27/h6-7,10-15,17,31H,3-5,8-9,16,27H2,1-2H3. The predicted octanol–water partition coefficient (Wildman–Crippen LogP) is 6.08. The molecular weight excluding hydrogens is 460 g/mol. The minimum atomic E-state index is -0.297. The summed E-state index contributed by atoms with van der Waals surface area (Å²) in [5, 5.41) is 14.1. The first-order valence-electron chi connectivity index (χ1n) is 11.8. The number of thiazole rings is 1. The highest BCUT2D eigenvalue weighted by Gasteiger charge is 2.16. The van der Waals surface area contributed by atoms with Gasteiger partial charge in [-0.1, -0.05) is 42.8 Å². The Morgan fingerprint density at radius 2 is 1.89 bits per heavy atom. The van der Waals surface area contributed by atoms with E-state index in [0.29, 0.717) is 28.9 Å². The van der Waals surface area contributed by atoms with E-state index in [9.17, 15) is 4.79 Å². The SMILES string of the molecule is CCOc1ccccc1N=Nc1c(C)[nH]n(-c2nc(-c3ccc(CCCCCN)cc3)cs2)c1=O. The van der Waals surface area contributed by atoms with Crippen LogP contribution < -0.4 is 16.0 Å². The Kier molecular flexibility index (Phi) is 8.23. The highest BCUT2D eigenvalue weighted by Crippen LogP contribution is 2.29. The van der Waals surface area contributed by atoms with E-state index in [1.54, 1.807) is 13.0 Å². The van der Waals surface area contributed by atoms with Gasteiger partial charge in [0, 0.05) is 10.9 Å². The van der Waals surface area contributed by atoms with Crippen LogP contribution in [0.25, 0.3) is 16.4 Å². The minimum absolute atomic E-state index is 0.243. The van der Waals surface area contributed by atoms with Crippen molar-refractivity contribution < 1.29 is 4.74 Å². The van der Waals surface area contributed by atoms with Crippen LogP contribution in [0.1, 0.15) is 37.4 Å². The predicted molar refractivity (Wildman–Crippen MR) is 141 cm³/mol. The maximum atomic E-state index is 13.1. The molecule has 0 aliphatic rings. The number of hydrogen-bond donors (Lipinski definition) is 2. The molecule has 4 rings (SSSR count). The van der Waals surface area contributed by atoms with Gasteiger partial charge in [0.25, 0.3) is 0 Å². The highest BCUT2D eigenvalue weighted by atomic mass is 32.1. The number of H-pyrrole nitrogens is 1. The second-order valence-electron chi connectivity index (χ2n) is 8.14. The number of aryl methyl sites for hydroxylation is 2. The third-order valence-corrected chi connectivity index (χ3v) is 6.39. The fraction of sp³-hybridized carbons (Fsp3) is 0.308. The Morgan fingerprint density at radius 3 is 2.66 bits per heavy atom. The Balaban J connectivity index is 1.51. The molecule has 2 aromatic carbocycles. The lowest BCUT2D eigenvalue weighted by molar-refractivity contribution is 0.341. The summed E-state index contributed by atoms with van der Waals surface area (Å²) in [5.41, 5.74) is 9.84. The van der Waals surface area contributed by atoms with Crippen LogP contribution in [-0.4, -0.2) is 27.9 Å². The number of benzene rings is 2. The van der Waals surface area contributed by atoms with Crippen LogP contribution in [0, 0.1) is 6.92 Å². The molecule has 0 unspecified atom stereocenters. The van der Waals surface area contributed by atoms with Crippen LogP contribution in [0.15, 0.2) is 68.9 Å². The summed E-state index contributed by atoms with van der Waals surface area (Å²) in [6, 6.07) is 15.8. The van der Waals surface area contributed by atoms with Crippen molar-refractivity contribution in [3.63, 3.8) is 0 Å². The highest BCUT2D eigenvalue weighted by molar-refractivity contribution is 7.12. The second-order valence-corrected chi connectivity index (χ2v) is 8.97. The van der Waals surface area contributed by atoms with E-state index in [-0.39, 0.29) is 11.2 Å². The van der Waals surface area contributed by atoms with Gasteiger partial charge < -0.3 is 10.5 Å². The first-order chi connectivity index (χ1) is 17.1. The largest absolute Gasteiger partial charge is 0.492 e. The molecule has 0 amide bonds. The summed E-state index contributed by atoms with van der Waals surface area (Å²) in [5.74, 6) is 0.624. The molecule has 2 aromatic heterocycles. The van der Waals surface area contributed by atoms with E-state index in [1.807, 2.05) is 30.5 Å². The molecule has 9 heteroatoms. The third-order valence-electron chi connectivity index (χ3n) is 5.57. The van der Waals surface area contributed by atoms with Gasteiger partial charge in [-0.25, -0.2) is 4.98 Å². The summed E-state index contributed by atoms with van der Waals surface area (Å²) < 4.78 is 7.00. The maximum Gasteiger partial charge on any atom is 0.301 e. The van der Waals surface area contributed by atoms with E-state index in [1.165, 1.54) is 21.6 Å². The van der Waals surface area contributed by atoms with Crippen molar-refractivity contribution in [2.45, 2.75) is 39.5 Å². The molecule has 0 saturated heterocycles. The molecule has 0 saturated carbocycles. The van der Waals surface area contributed by atoms with Gasteiger partial charge in [-0.15, -0.1) is 21.6 Å². The average Bonchev–Trinajstić information content (AvgIpc) is 3.46. The van der Waals surface area contributed by atoms with Crippen molar-refractivity contribution in [3.8, 4) is 22.1 Å². The Morgan fingerprint density at radius 1 is 1.09 bits per heavy atom. The number of aromatic nitrogens is 3. The molecule has 35 heavy (non-hydrogen) atoms. The van der Waals surface area contributed by atoms with Crippen molar-refractivity contribution in [2.75, 3.05) is 13.2 Å². The van der Waals surface area contributed by atoms with Crippen molar-refractivity contribution in [1.82, 2.24) is 14.8 Å². The van der Waals surface area contributed by atoms with Gasteiger partial charge in [0.15, 0.2) is 5.69 Å². The Hall–Kier alpha value is -3.56. The Labute approximate surface area is 208 Å². The molecular formula is C26H30N6O2S. The van der Waals surface area contributed by atoms with Crippen LogP contribution >= 0.6 is 11.3 Å². The van der Waals surface area contributed by atoms with Gasteiger partial charge in [0.1, 0.15) is 11.4 Å². The van der Waals surface area contributed by atoms with Crippen LogP contribution in [0.5, 0.6) is 5.75 Å². The van der Waals surface area contributed by atoms with Crippen molar-refractivity contribution >= 4 is 22.7 Å². The van der Waals surface area contributed by atoms with Crippen LogP contribution in [0.2, 0.25) is 0 Å². The zero-order valence-corrected chi connectivity index (χ0v) is 20.8. The second kappa shape index (κ2) is 11.7. The molecule has 8 nitrogen and oxygen atoms in total. The molecule has 3 N–H and O–H groups in total. The van der Waals surface area contributed by atoms with Gasteiger partial charge in [-0.2, -0.15) is 4.68 Å². The number of aromatic amines is 1. The van der Waals surface area contributed by atoms with Gasteiger partial charge >= 0.3 is 5.56 Å². The fourth-order valence-electron chi connectivity index (χ4n) is 3.70. The molecule has 0 spiro atoms. The van der Waals surface area contributed by atoms with Gasteiger partial charge in [-0.05, 0) is 57.4 Å². The van der Waals surface area contributed by atoms with Crippen LogP contribution in [0.4, 0.5) is 11.4 Å². The lowest BCUT2D eigenvalue weighted by Crippen LogP contribution is -2.13. The van der Waals surface area contributed by atoms with Crippen molar-refractivity contribution in [2.24, 2.45) is 16.0 Å². The van der Waals surface area contributed by atoms with E-state index in [4.69, 9.17) is 10.5 Å². The number of nitrogens with one attached hydrogen (secondary N) is 1. The molecule has 0 aliphatic heterocycles. The van der Waals surface area contributed by atoms with Crippen LogP contribution in [0.3, 0.4) is 0 Å². The van der Waals surface area contributed by atoms with Crippen molar-refractivity contribution in [1.29, 1.82) is 0 Å². The molecule has 0 bridgehead atoms. The topological polar surface area (TPSA) is 111 Å². The zero-order chi connectivity index (χ0) is 24.6. The summed E-state index contributed by atoms with van der Waals surface area (Å²) in [6.45, 7) is 4.97. The third kappa shape index (κ3) is 5.93. The summed E-state index contributed by atoms with van der Waals surface area (Å²) in [6.07, 6.45) is 4.41. The number of nitrogens with zero attached hydrogens (tertiary/aromatic N) is 4. The number of para-hydroxylation sites is 1. The molecule has 0 radical (unpaired) electrons. The van der Waals surface area contributed by atoms with E-state index in [0.717, 1.165) is 43.5 Å². The van der Waals surface area contributed by atoms with Gasteiger partial charge in [0.05, 0.1) is 18.0 Å². The summed E-state index contributed by atoms with van der Waals surface area (Å²) >= 11 is 1.40. The molecule has 182 valence electrons. The Bertz CT molecular complexity index is 1340. The quantitative estimate of drug-likeness (QED) is 0.196. The van der Waals surface area contributed by atoms with Crippen molar-refractivity contribution in [3.05, 3.63) is 75.5 Å². The molecule has 0 aliphatic carbocycles. The first kappa shape index (κ1) is 24.6. The van der Waals surface area contributed by atoms with Gasteiger partial charge in [-0.3, -0.25) is 9.89 Å². The van der Waals surface area contributed by atoms with E-state index >= 15 is 0 Å². The number of hydrogen-bond acceptors (Lipinski definition) is 7. The zero-order valence-electron chi connectivity index (χ0n) is 20.0. The summed E-state index contributed by atoms with van der Waals surface area (Å²) in [7, 11) is 0. The number of nitrogens with two attached hydrogens (primary N) is 1. The number of rotatable bonds is 11. The normalized spacial score (nSPS) is 11.4. The van der Waals surface area contributed by atoms with Gasteiger partial charge in [0.2, 0.25) is 5.13 Å². The maximum absolute atomic E-state index is 13.1. The fourth-order valence-corrected chi connectivity index (χ4v) is 4.49. The first-order valence-corrected chi connectivity index (χ1v) is 12.7.